The van der Waals surface area contributed by atoms with Gasteiger partial charge in [-0.05, 0) is 24.1 Å². The third-order valence-electron chi connectivity index (χ3n) is 1.54. The molecule has 70 valence electrons. The molecule has 1 rings (SSSR count). The predicted molar refractivity (Wildman–Crippen MR) is 47.4 cm³/mol. The summed E-state index contributed by atoms with van der Waals surface area (Å²) in [5, 5.41) is 17.8. The largest absolute Gasteiger partial charge is 0.508 e. The highest BCUT2D eigenvalue weighted by Gasteiger charge is 2.11. The number of nitrogens with two attached hydrogens (primary N) is 1. The molecule has 13 heavy (non-hydrogen) atoms. The Kier molecular flexibility index (Phi) is 2.08. The number of benzene rings is 1. The van der Waals surface area contributed by atoms with Gasteiger partial charge in [0.1, 0.15) is 11.8 Å². The second kappa shape index (κ2) is 3.91. The van der Waals surface area contributed by atoms with Gasteiger partial charge in [0.25, 0.3) is 0 Å². The molecule has 0 aromatic heterocycles. The van der Waals surface area contributed by atoms with E-state index in [0.29, 0.717) is 5.56 Å². The molecule has 0 saturated heterocycles. The van der Waals surface area contributed by atoms with E-state index < -0.39 is 17.8 Å². The molecular formula is C9H11NO3. The van der Waals surface area contributed by atoms with Crippen molar-refractivity contribution in [3.8, 4) is 5.75 Å². The van der Waals surface area contributed by atoms with Gasteiger partial charge in [0.15, 0.2) is 0 Å². The molecule has 0 aliphatic carbocycles. The lowest BCUT2D eigenvalue weighted by atomic mass is 10.1. The molecular weight excluding hydrogens is 170 g/mol. The van der Waals surface area contributed by atoms with Crippen molar-refractivity contribution in [3.05, 3.63) is 29.8 Å². The van der Waals surface area contributed by atoms with E-state index in [0.717, 1.165) is 0 Å². The molecule has 1 aromatic rings. The van der Waals surface area contributed by atoms with Crippen LogP contribution in [0.15, 0.2) is 24.2 Å². The summed E-state index contributed by atoms with van der Waals surface area (Å²) in [4.78, 5) is 10.5. The van der Waals surface area contributed by atoms with Crippen LogP contribution in [0.2, 0.25) is 0 Å². The summed E-state index contributed by atoms with van der Waals surface area (Å²) in [5.74, 6) is -1.62. The van der Waals surface area contributed by atoms with Crippen LogP contribution in [-0.2, 0) is 11.2 Å². The first-order valence-corrected chi connectivity index (χ1v) is 3.70. The first-order chi connectivity index (χ1) is 6.93. The lowest BCUT2D eigenvalue weighted by Gasteiger charge is -2.05. The smallest absolute Gasteiger partial charge is 0.320 e. The number of hydrogen-bond acceptors (Lipinski definition) is 3. The standard InChI is InChI=1S/C9H11NO3/c10-8(9(12)13)5-6-2-1-3-7(11)4-6/h1-4,8,11H,5,10H2,(H,12,13)/t8-/m0/s1/i3D,4D. The van der Waals surface area contributed by atoms with Crippen LogP contribution in [-0.4, -0.2) is 22.2 Å². The number of carboxylic acids is 1. The molecule has 0 spiro atoms. The van der Waals surface area contributed by atoms with Crippen molar-refractivity contribution < 1.29 is 17.7 Å². The number of aliphatic carboxylic acids is 1. The zero-order valence-electron chi connectivity index (χ0n) is 8.82. The summed E-state index contributed by atoms with van der Waals surface area (Å²) in [6.45, 7) is 0. The van der Waals surface area contributed by atoms with Crippen molar-refractivity contribution in [1.29, 1.82) is 0 Å². The average molecular weight is 183 g/mol. The average Bonchev–Trinajstić information content (AvgIpc) is 2.18. The van der Waals surface area contributed by atoms with Gasteiger partial charge in [0.05, 0.1) is 2.74 Å². The normalized spacial score (nSPS) is 14.5. The van der Waals surface area contributed by atoms with Gasteiger partial charge in [-0.25, -0.2) is 0 Å². The van der Waals surface area contributed by atoms with Crippen LogP contribution < -0.4 is 5.73 Å². The van der Waals surface area contributed by atoms with Crippen molar-refractivity contribution >= 4 is 5.97 Å². The number of hydrogen-bond donors (Lipinski definition) is 3. The van der Waals surface area contributed by atoms with E-state index in [1.54, 1.807) is 0 Å². The van der Waals surface area contributed by atoms with E-state index in [-0.39, 0.29) is 18.5 Å². The minimum Gasteiger partial charge on any atom is -0.508 e. The molecule has 1 atom stereocenters. The van der Waals surface area contributed by atoms with Gasteiger partial charge in [-0.1, -0.05) is 12.1 Å². The predicted octanol–water partition coefficient (Wildman–Crippen LogP) is 0.347. The molecule has 4 heteroatoms. The minimum absolute atomic E-state index is 0.0397. The number of rotatable bonds is 3. The fourth-order valence-electron chi connectivity index (χ4n) is 0.894. The van der Waals surface area contributed by atoms with Gasteiger partial charge >= 0.3 is 5.97 Å². The Morgan fingerprint density at radius 1 is 1.77 bits per heavy atom. The molecule has 0 fully saturated rings. The highest BCUT2D eigenvalue weighted by molar-refractivity contribution is 5.73. The number of phenols is 1. The van der Waals surface area contributed by atoms with Gasteiger partial charge in [0, 0.05) is 0 Å². The highest BCUT2D eigenvalue weighted by atomic mass is 16.4. The van der Waals surface area contributed by atoms with E-state index in [1.807, 2.05) is 0 Å². The van der Waals surface area contributed by atoms with Crippen LogP contribution in [0.25, 0.3) is 0 Å². The van der Waals surface area contributed by atoms with Crippen LogP contribution in [0.1, 0.15) is 8.30 Å². The molecule has 0 bridgehead atoms. The summed E-state index contributed by atoms with van der Waals surface area (Å²) in [5.41, 5.74) is 5.61. The maximum absolute atomic E-state index is 10.5. The van der Waals surface area contributed by atoms with Crippen LogP contribution in [0, 0.1) is 0 Å². The lowest BCUT2D eigenvalue weighted by molar-refractivity contribution is -0.138. The molecule has 0 heterocycles. The minimum atomic E-state index is -1.16. The van der Waals surface area contributed by atoms with Gasteiger partial charge < -0.3 is 15.9 Å². The molecule has 4 nitrogen and oxygen atoms in total. The quantitative estimate of drug-likeness (QED) is 0.631. The Morgan fingerprint density at radius 3 is 3.08 bits per heavy atom. The van der Waals surface area contributed by atoms with Crippen LogP contribution in [0.4, 0.5) is 0 Å². The van der Waals surface area contributed by atoms with E-state index >= 15 is 0 Å². The monoisotopic (exact) mass is 183 g/mol. The van der Waals surface area contributed by atoms with Gasteiger partial charge in [-0.2, -0.15) is 0 Å². The molecule has 0 aliphatic heterocycles. The number of aromatic hydroxyl groups is 1. The number of carboxylic acid groups (broad SMARTS) is 1. The van der Waals surface area contributed by atoms with Crippen molar-refractivity contribution in [2.24, 2.45) is 5.73 Å². The first-order valence-electron chi connectivity index (χ1n) is 4.70. The summed E-state index contributed by atoms with van der Waals surface area (Å²) in [6.07, 6.45) is -0.0397. The molecule has 0 aliphatic rings. The van der Waals surface area contributed by atoms with Crippen molar-refractivity contribution in [1.82, 2.24) is 0 Å². The van der Waals surface area contributed by atoms with Crippen molar-refractivity contribution in [2.75, 3.05) is 0 Å². The Bertz CT molecular complexity index is 395. The molecule has 4 N–H and O–H groups in total. The topological polar surface area (TPSA) is 83.6 Å². The third kappa shape index (κ3) is 2.76. The van der Waals surface area contributed by atoms with E-state index in [4.69, 9.17) is 13.6 Å². The van der Waals surface area contributed by atoms with E-state index in [9.17, 15) is 9.90 Å². The Morgan fingerprint density at radius 2 is 2.46 bits per heavy atom. The van der Waals surface area contributed by atoms with Gasteiger partial charge in [0.2, 0.25) is 0 Å². The van der Waals surface area contributed by atoms with Gasteiger partial charge in [-0.3, -0.25) is 4.79 Å². The fourth-order valence-corrected chi connectivity index (χ4v) is 0.894. The maximum Gasteiger partial charge on any atom is 0.320 e. The molecule has 0 saturated carbocycles. The molecule has 0 radical (unpaired) electrons. The third-order valence-corrected chi connectivity index (χ3v) is 1.54. The van der Waals surface area contributed by atoms with E-state index in [1.165, 1.54) is 12.1 Å². The Balaban J connectivity index is 2.97. The highest BCUT2D eigenvalue weighted by Crippen LogP contribution is 2.11. The summed E-state index contributed by atoms with van der Waals surface area (Å²) in [6, 6.07) is 1.22. The Labute approximate surface area is 78.4 Å². The lowest BCUT2D eigenvalue weighted by Crippen LogP contribution is -2.32. The van der Waals surface area contributed by atoms with E-state index in [2.05, 4.69) is 0 Å². The molecule has 0 unspecified atom stereocenters. The van der Waals surface area contributed by atoms with Crippen LogP contribution >= 0.6 is 0 Å². The second-order valence-corrected chi connectivity index (χ2v) is 2.63. The van der Waals surface area contributed by atoms with Crippen molar-refractivity contribution in [2.45, 2.75) is 12.5 Å². The molecule has 1 aromatic carbocycles. The van der Waals surface area contributed by atoms with Crippen LogP contribution in [0.3, 0.4) is 0 Å². The van der Waals surface area contributed by atoms with Crippen molar-refractivity contribution in [3.63, 3.8) is 0 Å². The Hall–Kier alpha value is -1.55. The second-order valence-electron chi connectivity index (χ2n) is 2.63. The summed E-state index contributed by atoms with van der Waals surface area (Å²) >= 11 is 0. The number of phenolic OH excluding ortho intramolecular Hbond substituents is 1. The SMILES string of the molecule is [2H]c1ccc(C[C@H](N)C(=O)O)c([2H])c1O. The molecule has 0 amide bonds. The maximum atomic E-state index is 10.5. The fraction of sp³-hybridized carbons (Fsp3) is 0.222. The first kappa shape index (κ1) is 6.91. The van der Waals surface area contributed by atoms with Gasteiger partial charge in [-0.15, -0.1) is 0 Å². The zero-order chi connectivity index (χ0) is 11.6. The zero-order valence-corrected chi connectivity index (χ0v) is 6.82. The number of carbonyl (C=O) groups is 1. The summed E-state index contributed by atoms with van der Waals surface area (Å²) < 4.78 is 14.7. The van der Waals surface area contributed by atoms with Crippen LogP contribution in [0.5, 0.6) is 5.75 Å². The summed E-state index contributed by atoms with van der Waals surface area (Å²) in [7, 11) is 0.